The third-order valence-corrected chi connectivity index (χ3v) is 5.54. The normalized spacial score (nSPS) is 11.3. The second kappa shape index (κ2) is 7.49. The molecule has 160 valence electrons. The standard InChI is InChI=1S/C24H19N3O5/c1-13-21(14(2)32-26-13)17-9-18-16(10-20(17)30-3)22-23(19(12-28)25-18)31-24(29)27(22)11-15-7-5-4-6-8-15/h4-10,12H,11H2,1-3H3. The van der Waals surface area contributed by atoms with Crippen LogP contribution in [0.1, 0.15) is 27.5 Å². The van der Waals surface area contributed by atoms with Crippen LogP contribution in [0, 0.1) is 13.8 Å². The number of rotatable bonds is 5. The van der Waals surface area contributed by atoms with Gasteiger partial charge >= 0.3 is 5.76 Å². The zero-order chi connectivity index (χ0) is 22.4. The maximum atomic E-state index is 12.8. The Kier molecular flexibility index (Phi) is 4.62. The van der Waals surface area contributed by atoms with E-state index < -0.39 is 5.76 Å². The van der Waals surface area contributed by atoms with Gasteiger partial charge in [0.15, 0.2) is 11.9 Å². The lowest BCUT2D eigenvalue weighted by atomic mass is 10.00. The van der Waals surface area contributed by atoms with Gasteiger partial charge in [-0.05, 0) is 31.5 Å². The van der Waals surface area contributed by atoms with E-state index in [1.165, 1.54) is 4.57 Å². The molecule has 0 saturated heterocycles. The molecule has 0 fully saturated rings. The lowest BCUT2D eigenvalue weighted by Gasteiger charge is -2.12. The van der Waals surface area contributed by atoms with Crippen molar-refractivity contribution in [1.29, 1.82) is 0 Å². The summed E-state index contributed by atoms with van der Waals surface area (Å²) in [6.07, 6.45) is 0.595. The van der Waals surface area contributed by atoms with Crippen LogP contribution in [0.3, 0.4) is 0 Å². The van der Waals surface area contributed by atoms with E-state index >= 15 is 0 Å². The molecule has 5 aromatic rings. The van der Waals surface area contributed by atoms with E-state index in [1.807, 2.05) is 50.2 Å². The van der Waals surface area contributed by atoms with Crippen LogP contribution in [0.15, 0.2) is 56.2 Å². The Balaban J connectivity index is 1.86. The lowest BCUT2D eigenvalue weighted by molar-refractivity contribution is 0.112. The topological polar surface area (TPSA) is 100 Å². The lowest BCUT2D eigenvalue weighted by Crippen LogP contribution is -2.15. The predicted molar refractivity (Wildman–Crippen MR) is 118 cm³/mol. The number of oxazole rings is 1. The zero-order valence-electron chi connectivity index (χ0n) is 17.7. The fourth-order valence-electron chi connectivity index (χ4n) is 4.10. The summed E-state index contributed by atoms with van der Waals surface area (Å²) in [5.41, 5.74) is 4.40. The monoisotopic (exact) mass is 429 g/mol. The van der Waals surface area contributed by atoms with Crippen LogP contribution in [0.4, 0.5) is 0 Å². The third-order valence-electron chi connectivity index (χ3n) is 5.54. The van der Waals surface area contributed by atoms with Crippen LogP contribution in [0.2, 0.25) is 0 Å². The number of carbonyl (C=O) groups excluding carboxylic acids is 1. The first-order valence-electron chi connectivity index (χ1n) is 9.99. The van der Waals surface area contributed by atoms with Crippen molar-refractivity contribution in [3.05, 3.63) is 75.7 Å². The van der Waals surface area contributed by atoms with E-state index in [-0.39, 0.29) is 17.8 Å². The van der Waals surface area contributed by atoms with Crippen molar-refractivity contribution < 1.29 is 18.5 Å². The second-order valence-corrected chi connectivity index (χ2v) is 7.50. The number of pyridine rings is 1. The van der Waals surface area contributed by atoms with E-state index in [1.54, 1.807) is 13.2 Å². The number of benzene rings is 2. The number of methoxy groups -OCH3 is 1. The van der Waals surface area contributed by atoms with Gasteiger partial charge in [-0.3, -0.25) is 9.36 Å². The van der Waals surface area contributed by atoms with Crippen molar-refractivity contribution in [3.8, 4) is 16.9 Å². The molecule has 0 aliphatic heterocycles. The minimum Gasteiger partial charge on any atom is -0.496 e. The number of hydrogen-bond donors (Lipinski definition) is 0. The summed E-state index contributed by atoms with van der Waals surface area (Å²) in [5.74, 6) is 0.643. The van der Waals surface area contributed by atoms with Crippen LogP contribution >= 0.6 is 0 Å². The maximum Gasteiger partial charge on any atom is 0.420 e. The Bertz CT molecular complexity index is 1520. The van der Waals surface area contributed by atoms with E-state index in [0.717, 1.165) is 16.7 Å². The van der Waals surface area contributed by atoms with Gasteiger partial charge in [0.2, 0.25) is 0 Å². The summed E-state index contributed by atoms with van der Waals surface area (Å²) in [6, 6.07) is 13.2. The Morgan fingerprint density at radius 3 is 2.59 bits per heavy atom. The molecular formula is C24H19N3O5. The molecule has 0 N–H and O–H groups in total. The van der Waals surface area contributed by atoms with Crippen molar-refractivity contribution in [2.45, 2.75) is 20.4 Å². The molecule has 0 bridgehead atoms. The molecule has 0 radical (unpaired) electrons. The van der Waals surface area contributed by atoms with Crippen LogP contribution < -0.4 is 10.5 Å². The van der Waals surface area contributed by atoms with Gasteiger partial charge in [-0.2, -0.15) is 0 Å². The minimum absolute atomic E-state index is 0.0614. The molecule has 0 aliphatic rings. The number of hydrogen-bond acceptors (Lipinski definition) is 7. The molecule has 3 aromatic heterocycles. The van der Waals surface area contributed by atoms with Crippen LogP contribution in [0.25, 0.3) is 33.1 Å². The van der Waals surface area contributed by atoms with Gasteiger partial charge in [0, 0.05) is 10.9 Å². The van der Waals surface area contributed by atoms with Crippen molar-refractivity contribution in [2.75, 3.05) is 7.11 Å². The molecule has 5 rings (SSSR count). The molecule has 8 nitrogen and oxygen atoms in total. The quantitative estimate of drug-likeness (QED) is 0.384. The smallest absolute Gasteiger partial charge is 0.420 e. The fourth-order valence-corrected chi connectivity index (χ4v) is 4.10. The Labute approximate surface area is 182 Å². The number of aryl methyl sites for hydroxylation is 2. The summed E-state index contributed by atoms with van der Waals surface area (Å²) >= 11 is 0. The fraction of sp³-hybridized carbons (Fsp3) is 0.167. The first-order chi connectivity index (χ1) is 15.5. The third kappa shape index (κ3) is 2.99. The maximum absolute atomic E-state index is 12.8. The molecule has 0 amide bonds. The van der Waals surface area contributed by atoms with Crippen molar-refractivity contribution >= 4 is 28.3 Å². The zero-order valence-corrected chi connectivity index (χ0v) is 17.7. The molecule has 0 saturated carbocycles. The van der Waals surface area contributed by atoms with Crippen molar-refractivity contribution in [2.24, 2.45) is 0 Å². The van der Waals surface area contributed by atoms with Crippen LogP contribution in [-0.4, -0.2) is 28.1 Å². The van der Waals surface area contributed by atoms with Crippen LogP contribution in [0.5, 0.6) is 5.75 Å². The van der Waals surface area contributed by atoms with E-state index in [9.17, 15) is 9.59 Å². The number of ether oxygens (including phenoxy) is 1. The summed E-state index contributed by atoms with van der Waals surface area (Å²) in [6.45, 7) is 3.95. The molecule has 0 aliphatic carbocycles. The van der Waals surface area contributed by atoms with Crippen LogP contribution in [-0.2, 0) is 6.54 Å². The van der Waals surface area contributed by atoms with E-state index in [0.29, 0.717) is 39.9 Å². The molecule has 8 heteroatoms. The van der Waals surface area contributed by atoms with E-state index in [2.05, 4.69) is 10.1 Å². The predicted octanol–water partition coefficient (Wildman–Crippen LogP) is 4.28. The molecule has 2 aromatic carbocycles. The molecular weight excluding hydrogens is 410 g/mol. The number of carbonyl (C=O) groups is 1. The summed E-state index contributed by atoms with van der Waals surface area (Å²) in [7, 11) is 1.57. The van der Waals surface area contributed by atoms with Gasteiger partial charge in [-0.1, -0.05) is 35.5 Å². The van der Waals surface area contributed by atoms with E-state index in [4.69, 9.17) is 13.7 Å². The van der Waals surface area contributed by atoms with Crippen molar-refractivity contribution in [3.63, 3.8) is 0 Å². The highest BCUT2D eigenvalue weighted by Gasteiger charge is 2.22. The number of fused-ring (bicyclic) bond motifs is 3. The van der Waals surface area contributed by atoms with Gasteiger partial charge in [0.05, 0.1) is 30.4 Å². The summed E-state index contributed by atoms with van der Waals surface area (Å²) in [4.78, 5) is 29.0. The number of aldehydes is 1. The Hall–Kier alpha value is -4.20. The van der Waals surface area contributed by atoms with Gasteiger partial charge < -0.3 is 13.7 Å². The average Bonchev–Trinajstić information content (AvgIpc) is 3.31. The first kappa shape index (κ1) is 19.7. The summed E-state index contributed by atoms with van der Waals surface area (Å²) in [5, 5.41) is 4.67. The molecule has 0 atom stereocenters. The highest BCUT2D eigenvalue weighted by atomic mass is 16.5. The minimum atomic E-state index is -0.560. The number of nitrogens with zero attached hydrogens (tertiary/aromatic N) is 3. The molecule has 3 heterocycles. The molecule has 32 heavy (non-hydrogen) atoms. The van der Waals surface area contributed by atoms with Gasteiger partial charge in [-0.15, -0.1) is 0 Å². The first-order valence-corrected chi connectivity index (χ1v) is 9.99. The number of aromatic nitrogens is 3. The highest BCUT2D eigenvalue weighted by Crippen LogP contribution is 2.39. The highest BCUT2D eigenvalue weighted by molar-refractivity contribution is 6.08. The SMILES string of the molecule is COc1cc2c(cc1-c1c(C)noc1C)nc(C=O)c1oc(=O)n(Cc3ccccc3)c12. The second-order valence-electron chi connectivity index (χ2n) is 7.50. The largest absolute Gasteiger partial charge is 0.496 e. The van der Waals surface area contributed by atoms with Gasteiger partial charge in [-0.25, -0.2) is 9.78 Å². The Morgan fingerprint density at radius 1 is 1.16 bits per heavy atom. The van der Waals surface area contributed by atoms with Crippen molar-refractivity contribution in [1.82, 2.24) is 14.7 Å². The van der Waals surface area contributed by atoms with Gasteiger partial charge in [0.1, 0.15) is 22.7 Å². The average molecular weight is 429 g/mol. The Morgan fingerprint density at radius 2 is 1.94 bits per heavy atom. The molecule has 0 spiro atoms. The van der Waals surface area contributed by atoms with Gasteiger partial charge in [0.25, 0.3) is 0 Å². The summed E-state index contributed by atoms with van der Waals surface area (Å²) < 4.78 is 18.0. The molecule has 0 unspecified atom stereocenters.